The van der Waals surface area contributed by atoms with E-state index < -0.39 is 12.1 Å². The van der Waals surface area contributed by atoms with Crippen LogP contribution < -0.4 is 5.32 Å². The van der Waals surface area contributed by atoms with Crippen LogP contribution in [0.25, 0.3) is 0 Å². The molecule has 0 rings (SSSR count). The molecule has 0 saturated heterocycles. The Labute approximate surface area is 452 Å². The van der Waals surface area contributed by atoms with Crippen molar-refractivity contribution in [1.29, 1.82) is 0 Å². The van der Waals surface area contributed by atoms with Gasteiger partial charge in [-0.1, -0.05) is 332 Å². The second kappa shape index (κ2) is 63.6. The average molecular weight is 1010 g/mol. The fraction of sp³-hybridized carbons (Fsp3) is 0.868. The molecular weight excluding hydrogens is 879 g/mol. The highest BCUT2D eigenvalue weighted by Gasteiger charge is 2.18. The second-order valence-electron chi connectivity index (χ2n) is 22.5. The summed E-state index contributed by atoms with van der Waals surface area (Å²) in [6.45, 7) is 4.33. The molecule has 0 aliphatic carbocycles. The predicted octanol–water partition coefficient (Wildman–Crippen LogP) is 22.2. The second-order valence-corrected chi connectivity index (χ2v) is 22.5. The van der Waals surface area contributed by atoms with Crippen molar-refractivity contribution in [3.8, 4) is 0 Å². The first kappa shape index (κ1) is 70.3. The lowest BCUT2D eigenvalue weighted by atomic mass is 10.0. The maximum absolute atomic E-state index is 12.5. The van der Waals surface area contributed by atoms with Gasteiger partial charge in [0.05, 0.1) is 18.8 Å². The van der Waals surface area contributed by atoms with Crippen molar-refractivity contribution in [3.05, 3.63) is 48.6 Å². The lowest BCUT2D eigenvalue weighted by molar-refractivity contribution is -0.123. The third-order valence-corrected chi connectivity index (χ3v) is 15.3. The molecule has 2 unspecified atom stereocenters. The fourth-order valence-electron chi connectivity index (χ4n) is 10.3. The molecule has 0 bridgehead atoms. The Morgan fingerprint density at radius 2 is 0.542 bits per heavy atom. The zero-order valence-corrected chi connectivity index (χ0v) is 49.0. The van der Waals surface area contributed by atoms with Gasteiger partial charge >= 0.3 is 0 Å². The first-order valence-corrected chi connectivity index (χ1v) is 32.9. The Morgan fingerprint density at radius 1 is 0.319 bits per heavy atom. The molecule has 0 saturated carbocycles. The van der Waals surface area contributed by atoms with E-state index in [-0.39, 0.29) is 12.5 Å². The van der Waals surface area contributed by atoms with Crippen molar-refractivity contribution in [2.24, 2.45) is 0 Å². The van der Waals surface area contributed by atoms with Gasteiger partial charge in [0, 0.05) is 6.42 Å². The smallest absolute Gasteiger partial charge is 0.220 e. The Bertz CT molecular complexity index is 1140. The van der Waals surface area contributed by atoms with Gasteiger partial charge in [0.2, 0.25) is 5.91 Å². The van der Waals surface area contributed by atoms with Gasteiger partial charge in [0.1, 0.15) is 0 Å². The van der Waals surface area contributed by atoms with E-state index in [2.05, 4.69) is 55.6 Å². The first-order valence-electron chi connectivity index (χ1n) is 32.9. The molecule has 4 heteroatoms. The molecule has 1 amide bonds. The van der Waals surface area contributed by atoms with Crippen molar-refractivity contribution in [3.63, 3.8) is 0 Å². The molecule has 3 N–H and O–H groups in total. The van der Waals surface area contributed by atoms with Gasteiger partial charge in [0.25, 0.3) is 0 Å². The largest absolute Gasteiger partial charge is 0.394 e. The Morgan fingerprint density at radius 3 is 0.806 bits per heavy atom. The van der Waals surface area contributed by atoms with Crippen LogP contribution in [-0.2, 0) is 4.79 Å². The zero-order chi connectivity index (χ0) is 52.0. The van der Waals surface area contributed by atoms with Crippen molar-refractivity contribution >= 4 is 5.91 Å². The van der Waals surface area contributed by atoms with E-state index in [1.165, 1.54) is 302 Å². The number of rotatable bonds is 61. The standard InChI is InChI=1S/C68H129NO3/c1-3-5-7-9-11-13-15-17-19-21-23-25-27-29-30-31-32-33-34-35-36-37-38-40-42-44-46-48-50-52-54-56-58-60-62-64-68(72)69-66(65-70)67(71)63-61-59-57-55-53-51-49-47-45-43-41-39-28-26-24-22-20-18-16-14-12-10-8-6-4-2/h31-32,45,47,53,55,61,63,66-67,70-71H,3-30,33-44,46,48-52,54,56-60,62,64-65H2,1-2H3,(H,69,72)/b32-31-,47-45+,55-53+,63-61+. The summed E-state index contributed by atoms with van der Waals surface area (Å²) in [6.07, 6.45) is 89.0. The van der Waals surface area contributed by atoms with Crippen LogP contribution in [0, 0.1) is 0 Å². The minimum atomic E-state index is -0.872. The topological polar surface area (TPSA) is 69.6 Å². The number of hydrogen-bond acceptors (Lipinski definition) is 3. The van der Waals surface area contributed by atoms with E-state index >= 15 is 0 Å². The normalized spacial score (nSPS) is 13.0. The third-order valence-electron chi connectivity index (χ3n) is 15.3. The first-order chi connectivity index (χ1) is 35.7. The molecule has 0 aromatic carbocycles. The summed E-state index contributed by atoms with van der Waals surface area (Å²) in [4.78, 5) is 12.5. The SMILES string of the molecule is CCCCCCCCCCCCCCCC/C=C\CCCCCCCCCCCCCCCCCCCC(=O)NC(CO)C(O)/C=C/CC/C=C/CC/C=C/CCCCCCCCCCCCCCCCC. The fourth-order valence-corrected chi connectivity index (χ4v) is 10.3. The van der Waals surface area contributed by atoms with Crippen LogP contribution in [0.5, 0.6) is 0 Å². The molecule has 0 aromatic heterocycles. The number of allylic oxidation sites excluding steroid dienone is 7. The number of hydrogen-bond donors (Lipinski definition) is 3. The molecule has 2 atom stereocenters. The maximum Gasteiger partial charge on any atom is 0.220 e. The highest BCUT2D eigenvalue weighted by Crippen LogP contribution is 2.18. The van der Waals surface area contributed by atoms with E-state index in [9.17, 15) is 15.0 Å². The molecule has 0 fully saturated rings. The van der Waals surface area contributed by atoms with E-state index in [1.807, 2.05) is 6.08 Å². The molecule has 424 valence electrons. The van der Waals surface area contributed by atoms with Crippen molar-refractivity contribution < 1.29 is 15.0 Å². The minimum absolute atomic E-state index is 0.0722. The highest BCUT2D eigenvalue weighted by molar-refractivity contribution is 5.76. The summed E-state index contributed by atoms with van der Waals surface area (Å²) in [6, 6.07) is -0.647. The minimum Gasteiger partial charge on any atom is -0.394 e. The quantitative estimate of drug-likeness (QED) is 0.0420. The number of amides is 1. The van der Waals surface area contributed by atoms with Crippen LogP contribution >= 0.6 is 0 Å². The van der Waals surface area contributed by atoms with Crippen LogP contribution in [0.2, 0.25) is 0 Å². The van der Waals surface area contributed by atoms with Gasteiger partial charge in [-0.2, -0.15) is 0 Å². The van der Waals surface area contributed by atoms with E-state index in [1.54, 1.807) is 6.08 Å². The predicted molar refractivity (Wildman–Crippen MR) is 322 cm³/mol. The van der Waals surface area contributed by atoms with Gasteiger partial charge in [-0.25, -0.2) is 0 Å². The van der Waals surface area contributed by atoms with Crippen molar-refractivity contribution in [2.75, 3.05) is 6.61 Å². The van der Waals surface area contributed by atoms with Crippen molar-refractivity contribution in [1.82, 2.24) is 5.32 Å². The molecule has 0 spiro atoms. The number of unbranched alkanes of at least 4 members (excludes halogenated alkanes) is 48. The Hall–Kier alpha value is -1.65. The summed E-state index contributed by atoms with van der Waals surface area (Å²) in [5, 5.41) is 23.2. The average Bonchev–Trinajstić information content (AvgIpc) is 3.39. The summed E-state index contributed by atoms with van der Waals surface area (Å²) in [5.74, 6) is -0.0722. The van der Waals surface area contributed by atoms with Gasteiger partial charge in [-0.05, 0) is 70.6 Å². The third kappa shape index (κ3) is 59.2. The molecule has 0 heterocycles. The van der Waals surface area contributed by atoms with Crippen LogP contribution in [0.1, 0.15) is 361 Å². The number of aliphatic hydroxyl groups is 2. The van der Waals surface area contributed by atoms with Gasteiger partial charge < -0.3 is 15.5 Å². The van der Waals surface area contributed by atoms with Crippen molar-refractivity contribution in [2.45, 2.75) is 373 Å². The van der Waals surface area contributed by atoms with Gasteiger partial charge in [0.15, 0.2) is 0 Å². The molecule has 0 radical (unpaired) electrons. The van der Waals surface area contributed by atoms with Crippen LogP contribution in [0.15, 0.2) is 48.6 Å². The zero-order valence-electron chi connectivity index (χ0n) is 49.0. The molecule has 72 heavy (non-hydrogen) atoms. The number of aliphatic hydroxyl groups excluding tert-OH is 2. The summed E-state index contributed by atoms with van der Waals surface area (Å²) in [5.41, 5.74) is 0. The van der Waals surface area contributed by atoms with Crippen LogP contribution in [-0.4, -0.2) is 34.9 Å². The Balaban J connectivity index is 3.48. The van der Waals surface area contributed by atoms with E-state index in [4.69, 9.17) is 0 Å². The monoisotopic (exact) mass is 1010 g/mol. The lowest BCUT2D eigenvalue weighted by Gasteiger charge is -2.19. The number of nitrogens with one attached hydrogen (secondary N) is 1. The number of carbonyl (C=O) groups excluding carboxylic acids is 1. The summed E-state index contributed by atoms with van der Waals surface area (Å²) in [7, 11) is 0. The summed E-state index contributed by atoms with van der Waals surface area (Å²) >= 11 is 0. The van der Waals surface area contributed by atoms with E-state index in [0.717, 1.165) is 38.5 Å². The Kier molecular flexibility index (Phi) is 62.2. The summed E-state index contributed by atoms with van der Waals surface area (Å²) < 4.78 is 0. The van der Waals surface area contributed by atoms with E-state index in [0.29, 0.717) is 6.42 Å². The molecular formula is C68H129NO3. The maximum atomic E-state index is 12.5. The van der Waals surface area contributed by atoms with Crippen LogP contribution in [0.3, 0.4) is 0 Å². The highest BCUT2D eigenvalue weighted by atomic mass is 16.3. The lowest BCUT2D eigenvalue weighted by Crippen LogP contribution is -2.45. The molecule has 4 nitrogen and oxygen atoms in total. The van der Waals surface area contributed by atoms with Crippen LogP contribution in [0.4, 0.5) is 0 Å². The van der Waals surface area contributed by atoms with Gasteiger partial charge in [-0.15, -0.1) is 0 Å². The molecule has 0 aliphatic heterocycles. The molecule has 0 aromatic rings. The number of carbonyl (C=O) groups is 1. The van der Waals surface area contributed by atoms with Gasteiger partial charge in [-0.3, -0.25) is 4.79 Å². The molecule has 0 aliphatic rings.